The molecule has 0 aromatic heterocycles. The molecular weight excluding hydrogens is 276 g/mol. The monoisotopic (exact) mass is 294 g/mol. The summed E-state index contributed by atoms with van der Waals surface area (Å²) >= 11 is 0. The molecule has 3 N–H and O–H groups in total. The van der Waals surface area contributed by atoms with Gasteiger partial charge in [-0.3, -0.25) is 9.59 Å². The zero-order chi connectivity index (χ0) is 15.6. The van der Waals surface area contributed by atoms with Gasteiger partial charge in [0.15, 0.2) is 17.2 Å². The minimum absolute atomic E-state index is 0.0574. The van der Waals surface area contributed by atoms with E-state index in [1.54, 1.807) is 16.7 Å². The number of piperazine rings is 1. The molecule has 1 saturated heterocycles. The van der Waals surface area contributed by atoms with Crippen LogP contribution in [0.5, 0.6) is 17.2 Å². The smallest absolute Gasteiger partial charge is 0.254 e. The number of hydrogen-bond donors (Lipinski definition) is 3. The second-order valence-corrected chi connectivity index (χ2v) is 4.89. The number of nitrogens with zero attached hydrogens (tertiary/aromatic N) is 2. The molecule has 0 radical (unpaired) electrons. The van der Waals surface area contributed by atoms with Crippen molar-refractivity contribution in [2.75, 3.05) is 26.2 Å². The molecule has 1 fully saturated rings. The normalized spacial score (nSPS) is 15.1. The van der Waals surface area contributed by atoms with Crippen molar-refractivity contribution in [3.8, 4) is 17.2 Å². The van der Waals surface area contributed by atoms with E-state index in [4.69, 9.17) is 0 Å². The van der Waals surface area contributed by atoms with Crippen LogP contribution in [-0.4, -0.2) is 63.1 Å². The van der Waals surface area contributed by atoms with Crippen LogP contribution in [0.4, 0.5) is 0 Å². The Labute approximate surface area is 122 Å². The first-order valence-corrected chi connectivity index (χ1v) is 6.76. The van der Waals surface area contributed by atoms with Gasteiger partial charge in [-0.2, -0.15) is 0 Å². The molecule has 1 aliphatic heterocycles. The highest BCUT2D eigenvalue weighted by Crippen LogP contribution is 2.35. The number of carbonyl (C=O) groups excluding carboxylic acids is 2. The quantitative estimate of drug-likeness (QED) is 0.689. The second kappa shape index (κ2) is 5.90. The van der Waals surface area contributed by atoms with E-state index in [1.807, 2.05) is 0 Å². The van der Waals surface area contributed by atoms with Crippen molar-refractivity contribution < 1.29 is 24.9 Å². The molecule has 0 unspecified atom stereocenters. The van der Waals surface area contributed by atoms with Crippen molar-refractivity contribution >= 4 is 11.8 Å². The lowest BCUT2D eigenvalue weighted by atomic mass is 10.1. The molecule has 1 aromatic rings. The van der Waals surface area contributed by atoms with Gasteiger partial charge in [0.1, 0.15) is 0 Å². The van der Waals surface area contributed by atoms with Crippen LogP contribution in [0.2, 0.25) is 0 Å². The minimum atomic E-state index is -0.648. The maximum absolute atomic E-state index is 12.3. The van der Waals surface area contributed by atoms with Crippen LogP contribution < -0.4 is 0 Å². The molecule has 114 valence electrons. The lowest BCUT2D eigenvalue weighted by Gasteiger charge is -2.34. The largest absolute Gasteiger partial charge is 0.504 e. The van der Waals surface area contributed by atoms with Crippen molar-refractivity contribution in [2.24, 2.45) is 0 Å². The second-order valence-electron chi connectivity index (χ2n) is 4.89. The molecule has 0 aliphatic carbocycles. The van der Waals surface area contributed by atoms with E-state index in [2.05, 4.69) is 0 Å². The number of benzene rings is 1. The highest BCUT2D eigenvalue weighted by atomic mass is 16.3. The Morgan fingerprint density at radius 3 is 1.95 bits per heavy atom. The Kier molecular flexibility index (Phi) is 4.21. The Hall–Kier alpha value is -2.44. The van der Waals surface area contributed by atoms with Crippen molar-refractivity contribution in [2.45, 2.75) is 13.3 Å². The number of phenolic OH excluding ortho intramolecular Hbond substituents is 3. The van der Waals surface area contributed by atoms with Crippen LogP contribution >= 0.6 is 0 Å². The standard InChI is InChI=1S/C14H18N2O5/c1-2-12(19)15-3-5-16(6-4-15)14(21)9-7-10(17)13(20)11(18)8-9/h7-8,17-18,20H,2-6H2,1H3. The van der Waals surface area contributed by atoms with Crippen LogP contribution in [0.25, 0.3) is 0 Å². The summed E-state index contributed by atoms with van der Waals surface area (Å²) in [5.41, 5.74) is 0.0954. The van der Waals surface area contributed by atoms with Crippen molar-refractivity contribution in [3.63, 3.8) is 0 Å². The maximum atomic E-state index is 12.3. The SMILES string of the molecule is CCC(=O)N1CCN(C(=O)c2cc(O)c(O)c(O)c2)CC1. The molecule has 2 amide bonds. The third-order valence-electron chi connectivity index (χ3n) is 3.54. The van der Waals surface area contributed by atoms with Gasteiger partial charge in [0, 0.05) is 38.2 Å². The van der Waals surface area contributed by atoms with E-state index >= 15 is 0 Å². The molecule has 1 aliphatic rings. The Bertz CT molecular complexity index is 541. The number of amides is 2. The summed E-state index contributed by atoms with van der Waals surface area (Å²) in [6.07, 6.45) is 0.438. The minimum Gasteiger partial charge on any atom is -0.504 e. The summed E-state index contributed by atoms with van der Waals surface area (Å²) in [6, 6.07) is 2.22. The summed E-state index contributed by atoms with van der Waals surface area (Å²) in [6.45, 7) is 3.52. The third kappa shape index (κ3) is 3.01. The first-order chi connectivity index (χ1) is 9.93. The van der Waals surface area contributed by atoms with E-state index in [0.29, 0.717) is 32.6 Å². The van der Waals surface area contributed by atoms with Crippen molar-refractivity contribution in [3.05, 3.63) is 17.7 Å². The van der Waals surface area contributed by atoms with Crippen LogP contribution in [0.3, 0.4) is 0 Å². The molecule has 1 aromatic carbocycles. The fourth-order valence-electron chi connectivity index (χ4n) is 2.29. The van der Waals surface area contributed by atoms with E-state index < -0.39 is 17.2 Å². The molecule has 7 nitrogen and oxygen atoms in total. The number of carbonyl (C=O) groups is 2. The van der Waals surface area contributed by atoms with Crippen LogP contribution in [-0.2, 0) is 4.79 Å². The number of phenols is 3. The first-order valence-electron chi connectivity index (χ1n) is 6.76. The number of rotatable bonds is 2. The molecule has 2 rings (SSSR count). The Balaban J connectivity index is 2.07. The average Bonchev–Trinajstić information content (AvgIpc) is 2.50. The van der Waals surface area contributed by atoms with Crippen LogP contribution in [0.15, 0.2) is 12.1 Å². The summed E-state index contributed by atoms with van der Waals surface area (Å²) in [5, 5.41) is 28.2. The summed E-state index contributed by atoms with van der Waals surface area (Å²) in [7, 11) is 0. The summed E-state index contributed by atoms with van der Waals surface area (Å²) < 4.78 is 0. The predicted octanol–water partition coefficient (Wildman–Crippen LogP) is 0.498. The zero-order valence-electron chi connectivity index (χ0n) is 11.7. The van der Waals surface area contributed by atoms with Gasteiger partial charge < -0.3 is 25.1 Å². The van der Waals surface area contributed by atoms with Gasteiger partial charge in [-0.15, -0.1) is 0 Å². The zero-order valence-corrected chi connectivity index (χ0v) is 11.7. The molecule has 0 atom stereocenters. The van der Waals surface area contributed by atoms with E-state index in [-0.39, 0.29) is 17.4 Å². The molecule has 0 saturated carbocycles. The van der Waals surface area contributed by atoms with E-state index in [1.165, 1.54) is 0 Å². The lowest BCUT2D eigenvalue weighted by molar-refractivity contribution is -0.132. The average molecular weight is 294 g/mol. The van der Waals surface area contributed by atoms with Crippen molar-refractivity contribution in [1.82, 2.24) is 9.80 Å². The highest BCUT2D eigenvalue weighted by molar-refractivity contribution is 5.95. The van der Waals surface area contributed by atoms with Gasteiger partial charge in [0.2, 0.25) is 5.91 Å². The van der Waals surface area contributed by atoms with Crippen molar-refractivity contribution in [1.29, 1.82) is 0 Å². The highest BCUT2D eigenvalue weighted by Gasteiger charge is 2.25. The van der Waals surface area contributed by atoms with Gasteiger partial charge in [-0.05, 0) is 12.1 Å². The molecule has 0 bridgehead atoms. The van der Waals surface area contributed by atoms with Gasteiger partial charge in [-0.25, -0.2) is 0 Å². The number of aromatic hydroxyl groups is 3. The first kappa shape index (κ1) is 15.0. The van der Waals surface area contributed by atoms with E-state index in [9.17, 15) is 24.9 Å². The molecule has 21 heavy (non-hydrogen) atoms. The Morgan fingerprint density at radius 2 is 1.48 bits per heavy atom. The number of hydrogen-bond acceptors (Lipinski definition) is 5. The third-order valence-corrected chi connectivity index (χ3v) is 3.54. The van der Waals surface area contributed by atoms with Gasteiger partial charge in [-0.1, -0.05) is 6.92 Å². The van der Waals surface area contributed by atoms with Gasteiger partial charge in [0.05, 0.1) is 0 Å². The predicted molar refractivity (Wildman–Crippen MR) is 74.2 cm³/mol. The van der Waals surface area contributed by atoms with E-state index in [0.717, 1.165) is 12.1 Å². The molecule has 1 heterocycles. The lowest BCUT2D eigenvalue weighted by Crippen LogP contribution is -2.50. The topological polar surface area (TPSA) is 101 Å². The maximum Gasteiger partial charge on any atom is 0.254 e. The summed E-state index contributed by atoms with van der Waals surface area (Å²) in [4.78, 5) is 27.1. The molecule has 0 spiro atoms. The Morgan fingerprint density at radius 1 is 1.00 bits per heavy atom. The molecular formula is C14H18N2O5. The van der Waals surface area contributed by atoms with Crippen LogP contribution in [0.1, 0.15) is 23.7 Å². The summed E-state index contributed by atoms with van der Waals surface area (Å²) in [5.74, 6) is -2.03. The fraction of sp³-hybridized carbons (Fsp3) is 0.429. The van der Waals surface area contributed by atoms with Gasteiger partial charge in [0.25, 0.3) is 5.91 Å². The molecule has 7 heteroatoms. The van der Waals surface area contributed by atoms with Crippen LogP contribution in [0, 0.1) is 0 Å². The fourth-order valence-corrected chi connectivity index (χ4v) is 2.29. The van der Waals surface area contributed by atoms with Gasteiger partial charge >= 0.3 is 0 Å².